The minimum atomic E-state index is -0.740. The van der Waals surface area contributed by atoms with E-state index in [4.69, 9.17) is 0 Å². The molecule has 6 nitrogen and oxygen atoms in total. The van der Waals surface area contributed by atoms with Gasteiger partial charge in [-0.1, -0.05) is 19.1 Å². The van der Waals surface area contributed by atoms with Crippen molar-refractivity contribution in [2.45, 2.75) is 45.4 Å². The van der Waals surface area contributed by atoms with Crippen molar-refractivity contribution in [3.05, 3.63) is 82.9 Å². The van der Waals surface area contributed by atoms with Gasteiger partial charge in [0.05, 0.1) is 11.0 Å². The summed E-state index contributed by atoms with van der Waals surface area (Å²) >= 11 is 0. The molecule has 1 aliphatic rings. The van der Waals surface area contributed by atoms with Crippen LogP contribution >= 0.6 is 0 Å². The standard InChI is InChI=1S/C26H26FN3O3/c1-4-26(14-13-23(31)29-25(26)33)18-5-9-20(10-6-18)28-24(32)22-15-16(2)30(17(22)3)21-11-7-19(27)8-12-21/h5-12,15H,4,13-14H2,1-3H3,(H,28,32)(H,29,31,33). The van der Waals surface area contributed by atoms with Gasteiger partial charge < -0.3 is 9.88 Å². The van der Waals surface area contributed by atoms with Crippen molar-refractivity contribution < 1.29 is 18.8 Å². The van der Waals surface area contributed by atoms with Crippen LogP contribution in [0.25, 0.3) is 5.69 Å². The highest BCUT2D eigenvalue weighted by Gasteiger charge is 2.42. The number of hydrogen-bond acceptors (Lipinski definition) is 3. The maximum atomic E-state index is 13.3. The van der Waals surface area contributed by atoms with Gasteiger partial charge in [0.25, 0.3) is 5.91 Å². The highest BCUT2D eigenvalue weighted by atomic mass is 19.1. The first-order valence-electron chi connectivity index (χ1n) is 11.0. The average molecular weight is 448 g/mol. The minimum Gasteiger partial charge on any atom is -0.322 e. The van der Waals surface area contributed by atoms with Crippen LogP contribution in [0.5, 0.6) is 0 Å². The first-order valence-corrected chi connectivity index (χ1v) is 11.0. The smallest absolute Gasteiger partial charge is 0.257 e. The zero-order valence-corrected chi connectivity index (χ0v) is 18.9. The fourth-order valence-electron chi connectivity index (χ4n) is 4.62. The van der Waals surface area contributed by atoms with Gasteiger partial charge in [0, 0.05) is 29.2 Å². The van der Waals surface area contributed by atoms with Crippen molar-refractivity contribution in [2.24, 2.45) is 0 Å². The molecular weight excluding hydrogens is 421 g/mol. The summed E-state index contributed by atoms with van der Waals surface area (Å²) in [4.78, 5) is 37.2. The SMILES string of the molecule is CCC1(c2ccc(NC(=O)c3cc(C)n(-c4ccc(F)cc4)c3C)cc2)CCC(=O)NC1=O. The second-order valence-electron chi connectivity index (χ2n) is 8.44. The first-order chi connectivity index (χ1) is 15.7. The van der Waals surface area contributed by atoms with Gasteiger partial charge in [-0.3, -0.25) is 19.7 Å². The van der Waals surface area contributed by atoms with Crippen LogP contribution in [-0.4, -0.2) is 22.3 Å². The molecule has 0 bridgehead atoms. The molecule has 7 heteroatoms. The number of amides is 3. The second-order valence-corrected chi connectivity index (χ2v) is 8.44. The Kier molecular flexibility index (Phi) is 5.89. The van der Waals surface area contributed by atoms with Crippen LogP contribution in [0, 0.1) is 19.7 Å². The van der Waals surface area contributed by atoms with E-state index in [-0.39, 0.29) is 23.5 Å². The van der Waals surface area contributed by atoms with E-state index in [1.807, 2.05) is 37.5 Å². The number of carbonyl (C=O) groups is 3. The molecule has 0 radical (unpaired) electrons. The normalized spacial score (nSPS) is 18.2. The Hall–Kier alpha value is -3.74. The van der Waals surface area contributed by atoms with Crippen LogP contribution in [0.2, 0.25) is 0 Å². The number of halogens is 1. The number of piperidine rings is 1. The Labute approximate surface area is 191 Å². The van der Waals surface area contributed by atoms with Crippen LogP contribution in [0.1, 0.15) is 53.5 Å². The average Bonchev–Trinajstić information content (AvgIpc) is 3.10. The summed E-state index contributed by atoms with van der Waals surface area (Å²) < 4.78 is 15.2. The van der Waals surface area contributed by atoms with Gasteiger partial charge in [-0.05, 0) is 74.7 Å². The second kappa shape index (κ2) is 8.65. The van der Waals surface area contributed by atoms with Crippen LogP contribution < -0.4 is 10.6 Å². The number of hydrogen-bond donors (Lipinski definition) is 2. The van der Waals surface area contributed by atoms with Crippen LogP contribution in [0.15, 0.2) is 54.6 Å². The molecule has 3 aromatic rings. The van der Waals surface area contributed by atoms with Crippen LogP contribution in [0.3, 0.4) is 0 Å². The minimum absolute atomic E-state index is 0.244. The molecule has 0 aliphatic carbocycles. The van der Waals surface area contributed by atoms with Crippen LogP contribution in [-0.2, 0) is 15.0 Å². The Bertz CT molecular complexity index is 1230. The summed E-state index contributed by atoms with van der Waals surface area (Å²) in [5.74, 6) is -1.09. The van der Waals surface area contributed by atoms with E-state index in [1.54, 1.807) is 30.3 Å². The van der Waals surface area contributed by atoms with E-state index >= 15 is 0 Å². The van der Waals surface area contributed by atoms with Crippen molar-refractivity contribution in [3.63, 3.8) is 0 Å². The summed E-state index contributed by atoms with van der Waals surface area (Å²) in [5.41, 5.74) is 3.61. The van der Waals surface area contributed by atoms with Crippen molar-refractivity contribution in [3.8, 4) is 5.69 Å². The van der Waals surface area contributed by atoms with Gasteiger partial charge >= 0.3 is 0 Å². The lowest BCUT2D eigenvalue weighted by Gasteiger charge is -2.35. The molecule has 1 aliphatic heterocycles. The topological polar surface area (TPSA) is 80.2 Å². The lowest BCUT2D eigenvalue weighted by Crippen LogP contribution is -2.51. The summed E-state index contributed by atoms with van der Waals surface area (Å²) in [7, 11) is 0. The zero-order chi connectivity index (χ0) is 23.8. The number of carbonyl (C=O) groups excluding carboxylic acids is 3. The monoisotopic (exact) mass is 447 g/mol. The zero-order valence-electron chi connectivity index (χ0n) is 18.9. The van der Waals surface area contributed by atoms with Gasteiger partial charge in [0.15, 0.2) is 0 Å². The number of imide groups is 1. The van der Waals surface area contributed by atoms with E-state index in [0.717, 1.165) is 22.6 Å². The van der Waals surface area contributed by atoms with E-state index in [9.17, 15) is 18.8 Å². The molecule has 1 aromatic heterocycles. The Morgan fingerprint density at radius 2 is 1.76 bits per heavy atom. The number of aromatic nitrogens is 1. The number of aryl methyl sites for hydroxylation is 1. The molecule has 3 amide bonds. The van der Waals surface area contributed by atoms with Crippen molar-refractivity contribution in [1.82, 2.24) is 9.88 Å². The maximum Gasteiger partial charge on any atom is 0.257 e. The largest absolute Gasteiger partial charge is 0.322 e. The number of nitrogens with one attached hydrogen (secondary N) is 2. The maximum absolute atomic E-state index is 13.3. The highest BCUT2D eigenvalue weighted by molar-refractivity contribution is 6.06. The molecule has 0 spiro atoms. The summed E-state index contributed by atoms with van der Waals surface area (Å²) in [6.07, 6.45) is 1.35. The Morgan fingerprint density at radius 1 is 1.09 bits per heavy atom. The van der Waals surface area contributed by atoms with E-state index in [1.165, 1.54) is 12.1 Å². The fraction of sp³-hybridized carbons (Fsp3) is 0.269. The summed E-state index contributed by atoms with van der Waals surface area (Å²) in [6, 6.07) is 15.1. The summed E-state index contributed by atoms with van der Waals surface area (Å²) in [5, 5.41) is 5.36. The van der Waals surface area contributed by atoms with E-state index < -0.39 is 5.41 Å². The Morgan fingerprint density at radius 3 is 2.36 bits per heavy atom. The fourth-order valence-corrected chi connectivity index (χ4v) is 4.62. The molecule has 170 valence electrons. The van der Waals surface area contributed by atoms with Crippen molar-refractivity contribution >= 4 is 23.4 Å². The van der Waals surface area contributed by atoms with Gasteiger partial charge in [0.2, 0.25) is 11.8 Å². The molecule has 4 rings (SSSR count). The molecule has 2 aromatic carbocycles. The molecule has 1 unspecified atom stereocenters. The lowest BCUT2D eigenvalue weighted by atomic mass is 9.72. The van der Waals surface area contributed by atoms with Gasteiger partial charge in [-0.25, -0.2) is 4.39 Å². The lowest BCUT2D eigenvalue weighted by molar-refractivity contribution is -0.138. The number of nitrogens with zero attached hydrogens (tertiary/aromatic N) is 1. The molecule has 2 heterocycles. The predicted octanol–water partition coefficient (Wildman–Crippen LogP) is 4.57. The number of rotatable bonds is 5. The molecule has 1 atom stereocenters. The molecule has 2 N–H and O–H groups in total. The van der Waals surface area contributed by atoms with Gasteiger partial charge in [-0.15, -0.1) is 0 Å². The quantitative estimate of drug-likeness (QED) is 0.563. The molecular formula is C26H26FN3O3. The van der Waals surface area contributed by atoms with Gasteiger partial charge in [0.1, 0.15) is 5.82 Å². The van der Waals surface area contributed by atoms with E-state index in [0.29, 0.717) is 30.5 Å². The van der Waals surface area contributed by atoms with Crippen molar-refractivity contribution in [2.75, 3.05) is 5.32 Å². The first kappa shape index (κ1) is 22.5. The molecule has 1 saturated heterocycles. The third-order valence-electron chi connectivity index (χ3n) is 6.53. The summed E-state index contributed by atoms with van der Waals surface area (Å²) in [6.45, 7) is 5.68. The third kappa shape index (κ3) is 4.06. The third-order valence-corrected chi connectivity index (χ3v) is 6.53. The molecule has 0 saturated carbocycles. The van der Waals surface area contributed by atoms with Gasteiger partial charge in [-0.2, -0.15) is 0 Å². The molecule has 33 heavy (non-hydrogen) atoms. The number of anilines is 1. The van der Waals surface area contributed by atoms with Crippen molar-refractivity contribution in [1.29, 1.82) is 0 Å². The van der Waals surface area contributed by atoms with Crippen LogP contribution in [0.4, 0.5) is 10.1 Å². The molecule has 1 fully saturated rings. The van der Waals surface area contributed by atoms with E-state index in [2.05, 4.69) is 10.6 Å². The Balaban J connectivity index is 1.55. The number of benzene rings is 2. The predicted molar refractivity (Wildman–Crippen MR) is 124 cm³/mol. The highest BCUT2D eigenvalue weighted by Crippen LogP contribution is 2.36.